The molecular weight excluding hydrogens is 350 g/mol. The van der Waals surface area contributed by atoms with E-state index in [-0.39, 0.29) is 11.4 Å². The SMILES string of the molecule is CCOC(=O)[C@H](CSC1(C)CC=C(C(C)C)CC1)NC(=O)OC(C)(C)C. The Bertz CT molecular complexity index is 524. The molecule has 2 atom stereocenters. The number of carbonyl (C=O) groups is 2. The maximum absolute atomic E-state index is 12.2. The third-order valence-electron chi connectivity index (χ3n) is 4.34. The lowest BCUT2D eigenvalue weighted by Crippen LogP contribution is -2.46. The van der Waals surface area contributed by atoms with Gasteiger partial charge in [-0.1, -0.05) is 32.4 Å². The molecule has 1 N–H and O–H groups in total. The van der Waals surface area contributed by atoms with Crippen LogP contribution in [0.25, 0.3) is 0 Å². The van der Waals surface area contributed by atoms with Gasteiger partial charge in [0.05, 0.1) is 6.61 Å². The number of nitrogens with one attached hydrogen (secondary N) is 1. The van der Waals surface area contributed by atoms with Crippen LogP contribution in [0.5, 0.6) is 0 Å². The summed E-state index contributed by atoms with van der Waals surface area (Å²) in [6, 6.07) is -0.706. The second-order valence-electron chi connectivity index (χ2n) is 8.35. The highest BCUT2D eigenvalue weighted by atomic mass is 32.2. The molecule has 0 heterocycles. The molecule has 0 aromatic rings. The molecule has 0 saturated heterocycles. The van der Waals surface area contributed by atoms with Crippen LogP contribution in [-0.2, 0) is 14.3 Å². The number of hydrogen-bond donors (Lipinski definition) is 1. The second kappa shape index (κ2) is 9.67. The number of ether oxygens (including phenoxy) is 2. The first-order valence-electron chi connectivity index (χ1n) is 9.45. The highest BCUT2D eigenvalue weighted by molar-refractivity contribution is 8.00. The predicted molar refractivity (Wildman–Crippen MR) is 107 cm³/mol. The van der Waals surface area contributed by atoms with E-state index in [9.17, 15) is 9.59 Å². The number of thioether (sulfide) groups is 1. The van der Waals surface area contributed by atoms with Crippen molar-refractivity contribution >= 4 is 23.8 Å². The summed E-state index contributed by atoms with van der Waals surface area (Å²) in [5.74, 6) is 0.647. The molecule has 0 saturated carbocycles. The topological polar surface area (TPSA) is 64.6 Å². The number of carbonyl (C=O) groups excluding carboxylic acids is 2. The van der Waals surface area contributed by atoms with Gasteiger partial charge in [0.1, 0.15) is 11.6 Å². The van der Waals surface area contributed by atoms with Crippen LogP contribution in [0.2, 0.25) is 0 Å². The lowest BCUT2D eigenvalue weighted by molar-refractivity contribution is -0.145. The number of allylic oxidation sites excluding steroid dienone is 2. The van der Waals surface area contributed by atoms with Crippen molar-refractivity contribution in [1.82, 2.24) is 5.32 Å². The number of hydrogen-bond acceptors (Lipinski definition) is 5. The molecule has 0 aromatic carbocycles. The van der Waals surface area contributed by atoms with Crippen LogP contribution in [0.3, 0.4) is 0 Å². The maximum atomic E-state index is 12.2. The van der Waals surface area contributed by atoms with E-state index in [4.69, 9.17) is 9.47 Å². The maximum Gasteiger partial charge on any atom is 0.408 e. The van der Waals surface area contributed by atoms with Gasteiger partial charge in [0, 0.05) is 10.5 Å². The highest BCUT2D eigenvalue weighted by Gasteiger charge is 2.32. The third-order valence-corrected chi connectivity index (χ3v) is 5.91. The molecule has 0 bridgehead atoms. The zero-order valence-electron chi connectivity index (χ0n) is 17.3. The van der Waals surface area contributed by atoms with E-state index in [1.807, 2.05) is 0 Å². The van der Waals surface area contributed by atoms with Crippen LogP contribution in [0.15, 0.2) is 11.6 Å². The van der Waals surface area contributed by atoms with Crippen LogP contribution in [0, 0.1) is 5.92 Å². The van der Waals surface area contributed by atoms with E-state index >= 15 is 0 Å². The minimum absolute atomic E-state index is 0.0682. The molecule has 6 heteroatoms. The zero-order chi connectivity index (χ0) is 20.0. The van der Waals surface area contributed by atoms with Crippen LogP contribution in [0.1, 0.15) is 67.7 Å². The highest BCUT2D eigenvalue weighted by Crippen LogP contribution is 2.40. The van der Waals surface area contributed by atoms with E-state index in [0.717, 1.165) is 19.3 Å². The third kappa shape index (κ3) is 8.02. The van der Waals surface area contributed by atoms with Crippen LogP contribution < -0.4 is 5.32 Å². The summed E-state index contributed by atoms with van der Waals surface area (Å²) in [6.45, 7) is 14.1. The van der Waals surface area contributed by atoms with E-state index in [1.54, 1.807) is 39.5 Å². The van der Waals surface area contributed by atoms with Crippen molar-refractivity contribution in [2.75, 3.05) is 12.4 Å². The molecule has 0 spiro atoms. The Morgan fingerprint density at radius 3 is 2.46 bits per heavy atom. The fourth-order valence-corrected chi connectivity index (χ4v) is 4.00. The van der Waals surface area contributed by atoms with Gasteiger partial charge in [0.2, 0.25) is 0 Å². The average molecular weight is 386 g/mol. The standard InChI is InChI=1S/C20H35NO4S/c1-8-24-17(22)16(21-18(23)25-19(4,5)6)13-26-20(7)11-9-15(10-12-20)14(2)3/h9,14,16H,8,10-13H2,1-7H3,(H,21,23)/t16-,20?/m0/s1. The van der Waals surface area contributed by atoms with Gasteiger partial charge in [0.25, 0.3) is 0 Å². The van der Waals surface area contributed by atoms with Crippen molar-refractivity contribution in [2.24, 2.45) is 5.92 Å². The van der Waals surface area contributed by atoms with Crippen LogP contribution in [-0.4, -0.2) is 40.8 Å². The lowest BCUT2D eigenvalue weighted by atomic mass is 9.85. The van der Waals surface area contributed by atoms with Gasteiger partial charge in [-0.3, -0.25) is 0 Å². The van der Waals surface area contributed by atoms with Crippen molar-refractivity contribution in [3.05, 3.63) is 11.6 Å². The lowest BCUT2D eigenvalue weighted by Gasteiger charge is -2.34. The number of esters is 1. The van der Waals surface area contributed by atoms with Gasteiger partial charge < -0.3 is 14.8 Å². The summed E-state index contributed by atoms with van der Waals surface area (Å²) in [6.07, 6.45) is 4.88. The first-order valence-corrected chi connectivity index (χ1v) is 10.4. The fourth-order valence-electron chi connectivity index (χ4n) is 2.76. The second-order valence-corrected chi connectivity index (χ2v) is 9.96. The smallest absolute Gasteiger partial charge is 0.408 e. The number of alkyl carbamates (subject to hydrolysis) is 1. The van der Waals surface area contributed by atoms with Crippen LogP contribution >= 0.6 is 11.8 Å². The first kappa shape index (κ1) is 22.9. The Morgan fingerprint density at radius 2 is 2.00 bits per heavy atom. The van der Waals surface area contributed by atoms with Crippen LogP contribution in [0.4, 0.5) is 4.79 Å². The van der Waals surface area contributed by atoms with Crippen molar-refractivity contribution in [3.63, 3.8) is 0 Å². The average Bonchev–Trinajstić information content (AvgIpc) is 2.50. The molecule has 0 aliphatic heterocycles. The number of amides is 1. The van der Waals surface area contributed by atoms with Crippen molar-refractivity contribution in [1.29, 1.82) is 0 Å². The summed E-state index contributed by atoms with van der Waals surface area (Å²) >= 11 is 1.72. The van der Waals surface area contributed by atoms with E-state index in [2.05, 4.69) is 32.2 Å². The summed E-state index contributed by atoms with van der Waals surface area (Å²) in [5.41, 5.74) is 0.904. The minimum atomic E-state index is -0.706. The molecule has 0 fully saturated rings. The summed E-state index contributed by atoms with van der Waals surface area (Å²) in [7, 11) is 0. The zero-order valence-corrected chi connectivity index (χ0v) is 18.1. The molecule has 1 unspecified atom stereocenters. The molecule has 0 radical (unpaired) electrons. The van der Waals surface area contributed by atoms with Gasteiger partial charge in [0.15, 0.2) is 0 Å². The number of rotatable bonds is 7. The monoisotopic (exact) mass is 385 g/mol. The molecular formula is C20H35NO4S. The Hall–Kier alpha value is -1.17. The van der Waals surface area contributed by atoms with E-state index in [0.29, 0.717) is 11.7 Å². The van der Waals surface area contributed by atoms with Crippen molar-refractivity contribution in [2.45, 2.75) is 84.1 Å². The largest absolute Gasteiger partial charge is 0.464 e. The van der Waals surface area contributed by atoms with Gasteiger partial charge in [-0.25, -0.2) is 9.59 Å². The molecule has 26 heavy (non-hydrogen) atoms. The molecule has 0 aromatic heterocycles. The molecule has 1 rings (SSSR count). The molecule has 1 aliphatic carbocycles. The van der Waals surface area contributed by atoms with Crippen molar-refractivity contribution < 1.29 is 19.1 Å². The Labute approximate surface area is 162 Å². The van der Waals surface area contributed by atoms with E-state index < -0.39 is 23.7 Å². The van der Waals surface area contributed by atoms with Gasteiger partial charge in [-0.2, -0.15) is 11.8 Å². The quantitative estimate of drug-likeness (QED) is 0.508. The van der Waals surface area contributed by atoms with E-state index in [1.165, 1.54) is 5.57 Å². The normalized spacial score (nSPS) is 21.8. The van der Waals surface area contributed by atoms with Crippen molar-refractivity contribution in [3.8, 4) is 0 Å². The minimum Gasteiger partial charge on any atom is -0.464 e. The van der Waals surface area contributed by atoms with Gasteiger partial charge >= 0.3 is 12.1 Å². The Balaban J connectivity index is 2.69. The summed E-state index contributed by atoms with van der Waals surface area (Å²) in [4.78, 5) is 24.3. The summed E-state index contributed by atoms with van der Waals surface area (Å²) < 4.78 is 10.5. The van der Waals surface area contributed by atoms with Gasteiger partial charge in [-0.05, 0) is 52.9 Å². The Morgan fingerprint density at radius 1 is 1.35 bits per heavy atom. The molecule has 1 amide bonds. The first-order chi connectivity index (χ1) is 12.0. The molecule has 1 aliphatic rings. The fraction of sp³-hybridized carbons (Fsp3) is 0.800. The Kier molecular flexibility index (Phi) is 8.51. The molecule has 150 valence electrons. The summed E-state index contributed by atoms with van der Waals surface area (Å²) in [5, 5.41) is 2.67. The van der Waals surface area contributed by atoms with Gasteiger partial charge in [-0.15, -0.1) is 0 Å². The predicted octanol–water partition coefficient (Wildman–Crippen LogP) is 4.70. The molecule has 5 nitrogen and oxygen atoms in total.